The van der Waals surface area contributed by atoms with Crippen molar-refractivity contribution in [1.29, 1.82) is 0 Å². The first-order chi connectivity index (χ1) is 12.9. The van der Waals surface area contributed by atoms with Gasteiger partial charge in [-0.25, -0.2) is 4.79 Å². The van der Waals surface area contributed by atoms with E-state index >= 15 is 0 Å². The lowest BCUT2D eigenvalue weighted by Crippen LogP contribution is -2.75. The lowest BCUT2D eigenvalue weighted by Gasteiger charge is -2.50. The fourth-order valence-corrected chi connectivity index (χ4v) is 6.71. The minimum atomic E-state index is -1.63. The van der Waals surface area contributed by atoms with Crippen molar-refractivity contribution in [2.24, 2.45) is 0 Å². The average Bonchev–Trinajstić information content (AvgIpc) is 2.66. The second kappa shape index (κ2) is 8.21. The summed E-state index contributed by atoms with van der Waals surface area (Å²) in [4.78, 5) is 37.1. The number of hydrogen-bond donors (Lipinski definition) is 2. The molecule has 0 saturated carbocycles. The highest BCUT2D eigenvalue weighted by molar-refractivity contribution is 9.11. The zero-order valence-electron chi connectivity index (χ0n) is 13.6. The number of carboxylic acid groups (broad SMARTS) is 1. The highest BCUT2D eigenvalue weighted by atomic mass is 79.9. The standard InChI is InChI=1S/C16H14Br2N2O6S/c17-6-9-12(16(23)24)20-14(22)11(15(20)27(25)13(9)18)19-10(21)7-26-8-4-2-1-3-5-8/h1-5,11,13,15H,6-7H2,(H,19,21)(H,23,24)/t11?,13?,15-,27?/m0/s1. The number of para-hydroxylation sites is 1. The Bertz CT molecular complexity index is 805. The molecular formula is C16H14Br2N2O6S. The van der Waals surface area contributed by atoms with E-state index in [0.29, 0.717) is 11.3 Å². The van der Waals surface area contributed by atoms with Gasteiger partial charge in [0.2, 0.25) is 5.37 Å². The lowest BCUT2D eigenvalue weighted by molar-refractivity contribution is -0.151. The Hall–Kier alpha value is -1.56. The fraction of sp³-hybridized carbons (Fsp3) is 0.312. The van der Waals surface area contributed by atoms with E-state index in [1.165, 1.54) is 0 Å². The molecule has 3 rings (SSSR count). The van der Waals surface area contributed by atoms with Crippen LogP contribution in [0.25, 0.3) is 0 Å². The second-order valence-electron chi connectivity index (χ2n) is 5.70. The molecule has 1 fully saturated rings. The summed E-state index contributed by atoms with van der Waals surface area (Å²) in [5, 5.41) is 11.1. The van der Waals surface area contributed by atoms with Crippen molar-refractivity contribution >= 4 is 60.8 Å². The number of hydrogen-bond acceptors (Lipinski definition) is 5. The molecule has 2 heterocycles. The number of nitrogens with zero attached hydrogens (tertiary/aromatic N) is 1. The molecule has 2 amide bonds. The number of carbonyl (C=O) groups excluding carboxylic acids is 2. The summed E-state index contributed by atoms with van der Waals surface area (Å²) in [7, 11) is 0. The summed E-state index contributed by atoms with van der Waals surface area (Å²) >= 11 is 4.77. The van der Waals surface area contributed by atoms with Crippen molar-refractivity contribution in [3.63, 3.8) is 0 Å². The van der Waals surface area contributed by atoms with Gasteiger partial charge in [0.15, 0.2) is 16.8 Å². The fourth-order valence-electron chi connectivity index (χ4n) is 2.84. The highest BCUT2D eigenvalue weighted by Gasteiger charge is 2.63. The molecule has 2 N–H and O–H groups in total. The maximum absolute atomic E-state index is 12.7. The van der Waals surface area contributed by atoms with Crippen LogP contribution in [0.15, 0.2) is 41.6 Å². The van der Waals surface area contributed by atoms with Gasteiger partial charge in [0.25, 0.3) is 11.8 Å². The number of aliphatic carboxylic acids is 1. The number of ether oxygens (including phenoxy) is 1. The zero-order valence-corrected chi connectivity index (χ0v) is 17.6. The normalized spacial score (nSPS) is 26.9. The molecule has 2 aliphatic heterocycles. The molecule has 4 atom stereocenters. The first kappa shape index (κ1) is 20.2. The minimum Gasteiger partial charge on any atom is -0.614 e. The third kappa shape index (κ3) is 3.73. The molecule has 1 saturated heterocycles. The van der Waals surface area contributed by atoms with E-state index in [9.17, 15) is 24.0 Å². The van der Waals surface area contributed by atoms with Gasteiger partial charge in [-0.2, -0.15) is 0 Å². The number of rotatable bonds is 6. The number of alkyl halides is 2. The van der Waals surface area contributed by atoms with Crippen LogP contribution >= 0.6 is 31.9 Å². The summed E-state index contributed by atoms with van der Waals surface area (Å²) in [5.74, 6) is -1.97. The summed E-state index contributed by atoms with van der Waals surface area (Å²) in [6.07, 6.45) is 0. The predicted octanol–water partition coefficient (Wildman–Crippen LogP) is 0.935. The Labute approximate surface area is 174 Å². The van der Waals surface area contributed by atoms with Crippen LogP contribution in [0, 0.1) is 0 Å². The number of carbonyl (C=O) groups is 3. The molecule has 0 aromatic heterocycles. The number of nitrogens with one attached hydrogen (secondary N) is 1. The van der Waals surface area contributed by atoms with Crippen LogP contribution in [0.4, 0.5) is 0 Å². The van der Waals surface area contributed by atoms with Gasteiger partial charge in [0, 0.05) is 10.9 Å². The van der Waals surface area contributed by atoms with Crippen LogP contribution in [0.1, 0.15) is 0 Å². The molecule has 1 aromatic rings. The minimum absolute atomic E-state index is 0.148. The van der Waals surface area contributed by atoms with Crippen LogP contribution < -0.4 is 10.1 Å². The molecule has 11 heteroatoms. The number of β-lactam (4-membered cyclic amide) rings is 1. The van der Waals surface area contributed by atoms with Gasteiger partial charge in [-0.05, 0) is 39.2 Å². The molecule has 0 aliphatic carbocycles. The maximum Gasteiger partial charge on any atom is 0.352 e. The Balaban J connectivity index is 1.71. The van der Waals surface area contributed by atoms with Gasteiger partial charge in [0.05, 0.1) is 0 Å². The quantitative estimate of drug-likeness (QED) is 0.326. The first-order valence-corrected chi connectivity index (χ1v) is 11.0. The number of fused-ring (bicyclic) bond motifs is 1. The van der Waals surface area contributed by atoms with Gasteiger partial charge < -0.3 is 19.7 Å². The molecular weight excluding hydrogens is 508 g/mol. The number of carboxylic acids is 1. The van der Waals surface area contributed by atoms with Crippen molar-refractivity contribution in [1.82, 2.24) is 10.2 Å². The summed E-state index contributed by atoms with van der Waals surface area (Å²) in [6.45, 7) is -0.320. The van der Waals surface area contributed by atoms with Crippen LogP contribution in [0.3, 0.4) is 0 Å². The Morgan fingerprint density at radius 1 is 1.33 bits per heavy atom. The number of amides is 2. The molecule has 0 radical (unpaired) electrons. The SMILES string of the molecule is O=C(COc1ccccc1)NC1C(=O)N2C(C(=O)O)=C(CBr)C(Br)[S+]([O-])[C@@H]12. The van der Waals surface area contributed by atoms with Crippen molar-refractivity contribution in [3.05, 3.63) is 41.6 Å². The lowest BCUT2D eigenvalue weighted by atomic mass is 10.0. The van der Waals surface area contributed by atoms with E-state index in [4.69, 9.17) is 4.74 Å². The van der Waals surface area contributed by atoms with E-state index in [1.54, 1.807) is 30.3 Å². The highest BCUT2D eigenvalue weighted by Crippen LogP contribution is 2.42. The Morgan fingerprint density at radius 2 is 2.00 bits per heavy atom. The van der Waals surface area contributed by atoms with Gasteiger partial charge in [-0.1, -0.05) is 34.1 Å². The van der Waals surface area contributed by atoms with Crippen LogP contribution in [-0.2, 0) is 25.6 Å². The molecule has 0 spiro atoms. The van der Waals surface area contributed by atoms with Gasteiger partial charge in [-0.15, -0.1) is 0 Å². The van der Waals surface area contributed by atoms with Crippen molar-refractivity contribution in [3.8, 4) is 5.75 Å². The first-order valence-electron chi connectivity index (χ1n) is 7.72. The third-order valence-corrected chi connectivity index (χ3v) is 7.99. The van der Waals surface area contributed by atoms with Crippen molar-refractivity contribution < 1.29 is 28.8 Å². The van der Waals surface area contributed by atoms with Crippen molar-refractivity contribution in [2.75, 3.05) is 11.9 Å². The van der Waals surface area contributed by atoms with Crippen molar-refractivity contribution in [2.45, 2.75) is 15.6 Å². The average molecular weight is 522 g/mol. The molecule has 8 nitrogen and oxygen atoms in total. The molecule has 1 aromatic carbocycles. The third-order valence-electron chi connectivity index (χ3n) is 4.08. The van der Waals surface area contributed by atoms with Gasteiger partial charge >= 0.3 is 5.97 Å². The van der Waals surface area contributed by atoms with Gasteiger partial charge in [0.1, 0.15) is 11.4 Å². The Morgan fingerprint density at radius 3 is 2.59 bits per heavy atom. The largest absolute Gasteiger partial charge is 0.614 e. The second-order valence-corrected chi connectivity index (χ2v) is 9.40. The van der Waals surface area contributed by atoms with E-state index in [2.05, 4.69) is 37.2 Å². The van der Waals surface area contributed by atoms with Crippen LogP contribution in [0.5, 0.6) is 5.75 Å². The molecule has 0 bridgehead atoms. The zero-order chi connectivity index (χ0) is 19.7. The summed E-state index contributed by atoms with van der Waals surface area (Å²) in [6, 6.07) is 7.61. The number of halogens is 2. The Kier molecular flexibility index (Phi) is 6.14. The monoisotopic (exact) mass is 520 g/mol. The van der Waals surface area contributed by atoms with E-state index in [0.717, 1.165) is 4.90 Å². The predicted molar refractivity (Wildman–Crippen MR) is 104 cm³/mol. The van der Waals surface area contributed by atoms with E-state index < -0.39 is 44.5 Å². The molecule has 27 heavy (non-hydrogen) atoms. The molecule has 144 valence electrons. The van der Waals surface area contributed by atoms with E-state index in [-0.39, 0.29) is 17.6 Å². The number of benzene rings is 1. The topological polar surface area (TPSA) is 119 Å². The summed E-state index contributed by atoms with van der Waals surface area (Å²) < 4.78 is 17.3. The van der Waals surface area contributed by atoms with E-state index in [1.807, 2.05) is 0 Å². The maximum atomic E-state index is 12.7. The molecule has 3 unspecified atom stereocenters. The van der Waals surface area contributed by atoms with Gasteiger partial charge in [-0.3, -0.25) is 14.5 Å². The van der Waals surface area contributed by atoms with Crippen LogP contribution in [-0.4, -0.2) is 59.9 Å². The van der Waals surface area contributed by atoms with Crippen LogP contribution in [0.2, 0.25) is 0 Å². The smallest absolute Gasteiger partial charge is 0.352 e. The molecule has 2 aliphatic rings. The summed E-state index contributed by atoms with van der Waals surface area (Å²) in [5.41, 5.74) is 0.0944.